The number of nitrogens with zero attached hydrogens (tertiary/aromatic N) is 4. The number of piperazine rings is 1. The second-order valence-electron chi connectivity index (χ2n) is 7.85. The highest BCUT2D eigenvalue weighted by Crippen LogP contribution is 2.24. The van der Waals surface area contributed by atoms with Crippen LogP contribution in [0.5, 0.6) is 0 Å². The molecule has 0 bridgehead atoms. The molecule has 7 nitrogen and oxygen atoms in total. The topological polar surface area (TPSA) is 71.6 Å². The Balaban J connectivity index is 1.35. The van der Waals surface area contributed by atoms with Crippen LogP contribution in [0, 0.1) is 11.6 Å². The van der Waals surface area contributed by atoms with Gasteiger partial charge in [-0.05, 0) is 42.5 Å². The average molecular weight is 462 g/mol. The second-order valence-corrected chi connectivity index (χ2v) is 7.85. The van der Waals surface area contributed by atoms with E-state index in [1.807, 2.05) is 30.3 Å². The van der Waals surface area contributed by atoms with Gasteiger partial charge >= 0.3 is 0 Å². The van der Waals surface area contributed by atoms with Gasteiger partial charge in [-0.15, -0.1) is 0 Å². The summed E-state index contributed by atoms with van der Waals surface area (Å²) in [5.74, 6) is -2.16. The molecule has 2 aromatic carbocycles. The van der Waals surface area contributed by atoms with Crippen molar-refractivity contribution >= 4 is 11.8 Å². The summed E-state index contributed by atoms with van der Waals surface area (Å²) in [6.07, 6.45) is 1.54. The van der Waals surface area contributed by atoms with Crippen LogP contribution in [-0.2, 0) is 0 Å². The minimum absolute atomic E-state index is 0.0731. The largest absolute Gasteiger partial charge is 0.463 e. The monoisotopic (exact) mass is 462 g/mol. The molecular weight excluding hydrogens is 442 g/mol. The molecule has 1 aliphatic rings. The Labute approximate surface area is 193 Å². The van der Waals surface area contributed by atoms with Gasteiger partial charge in [0.2, 0.25) is 0 Å². The molecule has 0 N–H and O–H groups in total. The first-order valence-corrected chi connectivity index (χ1v) is 10.7. The molecule has 1 aliphatic heterocycles. The van der Waals surface area contributed by atoms with Crippen LogP contribution in [0.15, 0.2) is 77.4 Å². The molecule has 172 valence electrons. The second kappa shape index (κ2) is 8.93. The SMILES string of the molecule is O=C(c1ccc(F)c(F)c1)N1CCN(C(=O)c2cc(-c3ccco3)nn2-c2ccccc2)CC1. The normalized spacial score (nSPS) is 13.8. The van der Waals surface area contributed by atoms with Crippen LogP contribution < -0.4 is 0 Å². The molecule has 0 saturated carbocycles. The highest BCUT2D eigenvalue weighted by Gasteiger charge is 2.29. The molecule has 34 heavy (non-hydrogen) atoms. The van der Waals surface area contributed by atoms with Gasteiger partial charge in [0.05, 0.1) is 12.0 Å². The van der Waals surface area contributed by atoms with Gasteiger partial charge in [0.15, 0.2) is 17.4 Å². The third-order valence-corrected chi connectivity index (χ3v) is 5.72. The third kappa shape index (κ3) is 4.07. The van der Waals surface area contributed by atoms with E-state index < -0.39 is 17.5 Å². The van der Waals surface area contributed by atoms with Gasteiger partial charge in [-0.25, -0.2) is 13.5 Å². The van der Waals surface area contributed by atoms with Gasteiger partial charge in [0.1, 0.15) is 11.4 Å². The maximum absolute atomic E-state index is 13.5. The van der Waals surface area contributed by atoms with Crippen LogP contribution in [0.2, 0.25) is 0 Å². The fraction of sp³-hybridized carbons (Fsp3) is 0.160. The molecular formula is C25H20F2N4O3. The number of carbonyl (C=O) groups is 2. The minimum atomic E-state index is -1.07. The molecule has 9 heteroatoms. The number of amides is 2. The van der Waals surface area contributed by atoms with Crippen molar-refractivity contribution in [2.75, 3.05) is 26.2 Å². The zero-order valence-corrected chi connectivity index (χ0v) is 18.0. The molecule has 5 rings (SSSR count). The van der Waals surface area contributed by atoms with Crippen LogP contribution in [0.4, 0.5) is 8.78 Å². The molecule has 1 fully saturated rings. The Morgan fingerprint density at radius 1 is 0.794 bits per heavy atom. The Hall–Kier alpha value is -4.27. The van der Waals surface area contributed by atoms with E-state index >= 15 is 0 Å². The molecule has 0 unspecified atom stereocenters. The van der Waals surface area contributed by atoms with Crippen molar-refractivity contribution < 1.29 is 22.8 Å². The van der Waals surface area contributed by atoms with E-state index in [0.717, 1.165) is 17.8 Å². The molecule has 0 atom stereocenters. The molecule has 4 aromatic rings. The number of hydrogen-bond acceptors (Lipinski definition) is 4. The van der Waals surface area contributed by atoms with E-state index in [9.17, 15) is 18.4 Å². The smallest absolute Gasteiger partial charge is 0.272 e. The van der Waals surface area contributed by atoms with E-state index in [-0.39, 0.29) is 24.6 Å². The lowest BCUT2D eigenvalue weighted by Crippen LogP contribution is -2.50. The fourth-order valence-electron chi connectivity index (χ4n) is 3.93. The van der Waals surface area contributed by atoms with Crippen molar-refractivity contribution in [3.05, 3.63) is 95.9 Å². The summed E-state index contributed by atoms with van der Waals surface area (Å²) >= 11 is 0. The van der Waals surface area contributed by atoms with Crippen LogP contribution in [0.1, 0.15) is 20.8 Å². The summed E-state index contributed by atoms with van der Waals surface area (Å²) in [4.78, 5) is 29.3. The minimum Gasteiger partial charge on any atom is -0.463 e. The van der Waals surface area contributed by atoms with Crippen molar-refractivity contribution in [2.24, 2.45) is 0 Å². The quantitative estimate of drug-likeness (QED) is 0.460. The molecule has 1 saturated heterocycles. The number of halogens is 2. The van der Waals surface area contributed by atoms with Crippen molar-refractivity contribution in [1.82, 2.24) is 19.6 Å². The highest BCUT2D eigenvalue weighted by molar-refractivity contribution is 5.96. The van der Waals surface area contributed by atoms with Crippen LogP contribution in [0.3, 0.4) is 0 Å². The zero-order chi connectivity index (χ0) is 23.7. The number of rotatable bonds is 4. The Morgan fingerprint density at radius 3 is 2.15 bits per heavy atom. The van der Waals surface area contributed by atoms with Crippen LogP contribution in [0.25, 0.3) is 17.1 Å². The standard InChI is InChI=1S/C25H20F2N4O3/c26-19-9-8-17(15-20(19)27)24(32)29-10-12-30(13-11-29)25(33)22-16-21(23-7-4-14-34-23)28-31(22)18-5-2-1-3-6-18/h1-9,14-16H,10-13H2. The van der Waals surface area contributed by atoms with Crippen LogP contribution >= 0.6 is 0 Å². The predicted molar refractivity (Wildman–Crippen MR) is 119 cm³/mol. The first-order chi connectivity index (χ1) is 16.5. The number of aromatic nitrogens is 2. The fourth-order valence-corrected chi connectivity index (χ4v) is 3.93. The summed E-state index contributed by atoms with van der Waals surface area (Å²) in [5, 5.41) is 4.58. The van der Waals surface area contributed by atoms with E-state index in [4.69, 9.17) is 4.42 Å². The third-order valence-electron chi connectivity index (χ3n) is 5.72. The summed E-state index contributed by atoms with van der Waals surface area (Å²) in [5.41, 5.74) is 1.71. The van der Waals surface area contributed by atoms with Gasteiger partial charge in [0.25, 0.3) is 11.8 Å². The number of hydrogen-bond donors (Lipinski definition) is 0. The Bertz CT molecular complexity index is 1330. The van der Waals surface area contributed by atoms with Gasteiger partial charge < -0.3 is 14.2 Å². The molecule has 0 aliphatic carbocycles. The Morgan fingerprint density at radius 2 is 1.50 bits per heavy atom. The summed E-state index contributed by atoms with van der Waals surface area (Å²) in [6, 6.07) is 17.6. The highest BCUT2D eigenvalue weighted by atomic mass is 19.2. The zero-order valence-electron chi connectivity index (χ0n) is 18.0. The van der Waals surface area contributed by atoms with E-state index in [1.165, 1.54) is 11.0 Å². The maximum Gasteiger partial charge on any atom is 0.272 e. The number of carbonyl (C=O) groups excluding carboxylic acids is 2. The lowest BCUT2D eigenvalue weighted by Gasteiger charge is -2.34. The first kappa shape index (κ1) is 21.6. The number of furan rings is 1. The maximum atomic E-state index is 13.5. The summed E-state index contributed by atoms with van der Waals surface area (Å²) in [7, 11) is 0. The molecule has 2 aromatic heterocycles. The molecule has 3 heterocycles. The number of para-hydroxylation sites is 1. The number of benzene rings is 2. The average Bonchev–Trinajstić information content (AvgIpc) is 3.56. The predicted octanol–water partition coefficient (Wildman–Crippen LogP) is 4.01. The van der Waals surface area contributed by atoms with Gasteiger partial charge in [-0.3, -0.25) is 9.59 Å². The van der Waals surface area contributed by atoms with Crippen molar-refractivity contribution in [3.8, 4) is 17.1 Å². The van der Waals surface area contributed by atoms with E-state index in [2.05, 4.69) is 5.10 Å². The lowest BCUT2D eigenvalue weighted by molar-refractivity contribution is 0.0530. The molecule has 0 radical (unpaired) electrons. The lowest BCUT2D eigenvalue weighted by atomic mass is 10.1. The van der Waals surface area contributed by atoms with Crippen molar-refractivity contribution in [3.63, 3.8) is 0 Å². The van der Waals surface area contributed by atoms with Gasteiger partial charge in [-0.2, -0.15) is 5.10 Å². The van der Waals surface area contributed by atoms with Crippen molar-refractivity contribution in [1.29, 1.82) is 0 Å². The van der Waals surface area contributed by atoms with Gasteiger partial charge in [-0.1, -0.05) is 18.2 Å². The summed E-state index contributed by atoms with van der Waals surface area (Å²) < 4.78 is 33.8. The van der Waals surface area contributed by atoms with E-state index in [1.54, 1.807) is 34.0 Å². The summed E-state index contributed by atoms with van der Waals surface area (Å²) in [6.45, 7) is 1.14. The first-order valence-electron chi connectivity index (χ1n) is 10.7. The van der Waals surface area contributed by atoms with Gasteiger partial charge in [0, 0.05) is 37.8 Å². The van der Waals surface area contributed by atoms with Crippen molar-refractivity contribution in [2.45, 2.75) is 0 Å². The Kier molecular flexibility index (Phi) is 5.67. The van der Waals surface area contributed by atoms with Crippen LogP contribution in [-0.4, -0.2) is 57.6 Å². The molecule has 0 spiro atoms. The molecule has 2 amide bonds. The van der Waals surface area contributed by atoms with E-state index in [0.29, 0.717) is 30.2 Å².